The molecule has 0 amide bonds. The van der Waals surface area contributed by atoms with Crippen LogP contribution >= 0.6 is 0 Å². The van der Waals surface area contributed by atoms with Crippen molar-refractivity contribution in [1.29, 1.82) is 0 Å². The van der Waals surface area contributed by atoms with Crippen molar-refractivity contribution in [2.24, 2.45) is 0 Å². The minimum atomic E-state index is 0.664. The highest BCUT2D eigenvalue weighted by atomic mass is 16.3. The largest absolute Gasteiger partial charge is 0.456 e. The van der Waals surface area contributed by atoms with E-state index >= 15 is 0 Å². The lowest BCUT2D eigenvalue weighted by Gasteiger charge is -2.11. The number of furan rings is 2. The molecule has 0 unspecified atom stereocenters. The Morgan fingerprint density at radius 1 is 0.339 bits per heavy atom. The van der Waals surface area contributed by atoms with Crippen molar-refractivity contribution < 1.29 is 8.83 Å². The quantitative estimate of drug-likeness (QED) is 0.171. The Labute approximate surface area is 322 Å². The molecule has 0 bridgehead atoms. The highest BCUT2D eigenvalue weighted by Gasteiger charge is 2.19. The van der Waals surface area contributed by atoms with Crippen LogP contribution in [0.5, 0.6) is 0 Å². The van der Waals surface area contributed by atoms with E-state index in [2.05, 4.69) is 126 Å². The molecule has 0 saturated heterocycles. The number of rotatable bonds is 6. The standard InChI is InChI=1S/C51H31N3O2/c1-2-8-35(9-3-1)44-31-45(36-18-14-32(15-19-36)33-26-28-52-29-27-33)54-51(53-44)37-20-16-34(17-21-37)40-24-23-39(49-42-11-5-7-13-47(42)56-50(40)49)38-22-25-48-43(30-38)41-10-4-6-12-46(41)55-48/h1-31H. The summed E-state index contributed by atoms with van der Waals surface area (Å²) in [5, 5.41) is 4.38. The van der Waals surface area contributed by atoms with Gasteiger partial charge in [-0.15, -0.1) is 0 Å². The molecule has 11 aromatic rings. The lowest BCUT2D eigenvalue weighted by molar-refractivity contribution is 0.669. The fourth-order valence-corrected chi connectivity index (χ4v) is 7.85. The number of pyridine rings is 1. The van der Waals surface area contributed by atoms with Gasteiger partial charge in [0.15, 0.2) is 5.82 Å². The lowest BCUT2D eigenvalue weighted by atomic mass is 9.93. The van der Waals surface area contributed by atoms with Gasteiger partial charge in [-0.05, 0) is 76.3 Å². The molecule has 0 aliphatic carbocycles. The molecule has 7 aromatic carbocycles. The molecule has 5 heteroatoms. The van der Waals surface area contributed by atoms with Crippen molar-refractivity contribution in [2.75, 3.05) is 0 Å². The topological polar surface area (TPSA) is 65.0 Å². The molecule has 56 heavy (non-hydrogen) atoms. The molecule has 0 atom stereocenters. The van der Waals surface area contributed by atoms with Crippen LogP contribution in [-0.2, 0) is 0 Å². The maximum atomic E-state index is 6.68. The molecule has 4 heterocycles. The van der Waals surface area contributed by atoms with Gasteiger partial charge in [0.05, 0.1) is 11.4 Å². The zero-order valence-corrected chi connectivity index (χ0v) is 30.1. The second-order valence-electron chi connectivity index (χ2n) is 14.0. The number of nitrogens with zero attached hydrogens (tertiary/aromatic N) is 3. The van der Waals surface area contributed by atoms with E-state index in [0.29, 0.717) is 5.82 Å². The molecule has 0 fully saturated rings. The number of hydrogen-bond donors (Lipinski definition) is 0. The third-order valence-electron chi connectivity index (χ3n) is 10.7. The van der Waals surface area contributed by atoms with Crippen LogP contribution < -0.4 is 0 Å². The first kappa shape index (κ1) is 31.9. The van der Waals surface area contributed by atoms with E-state index in [4.69, 9.17) is 18.8 Å². The summed E-state index contributed by atoms with van der Waals surface area (Å²) in [6.07, 6.45) is 3.63. The summed E-state index contributed by atoms with van der Waals surface area (Å²) in [6.45, 7) is 0. The molecular formula is C51H31N3O2. The summed E-state index contributed by atoms with van der Waals surface area (Å²) in [5.74, 6) is 0.664. The zero-order valence-electron chi connectivity index (χ0n) is 30.1. The Kier molecular flexibility index (Phi) is 7.42. The predicted molar refractivity (Wildman–Crippen MR) is 227 cm³/mol. The summed E-state index contributed by atoms with van der Waals surface area (Å²) in [5.41, 5.74) is 14.8. The number of aromatic nitrogens is 3. The van der Waals surface area contributed by atoms with Crippen LogP contribution in [0.25, 0.3) is 111 Å². The molecule has 5 nitrogen and oxygen atoms in total. The first-order valence-corrected chi connectivity index (χ1v) is 18.7. The van der Waals surface area contributed by atoms with Crippen LogP contribution in [0.4, 0.5) is 0 Å². The fourth-order valence-electron chi connectivity index (χ4n) is 7.85. The highest BCUT2D eigenvalue weighted by molar-refractivity contribution is 6.17. The molecule has 0 radical (unpaired) electrons. The molecule has 0 spiro atoms. The normalized spacial score (nSPS) is 11.6. The van der Waals surface area contributed by atoms with Gasteiger partial charge in [-0.2, -0.15) is 0 Å². The van der Waals surface area contributed by atoms with Gasteiger partial charge in [0.2, 0.25) is 0 Å². The molecule has 262 valence electrons. The maximum absolute atomic E-state index is 6.68. The summed E-state index contributed by atoms with van der Waals surface area (Å²) in [4.78, 5) is 14.4. The van der Waals surface area contributed by atoms with E-state index in [1.165, 1.54) is 0 Å². The van der Waals surface area contributed by atoms with Gasteiger partial charge in [-0.3, -0.25) is 4.98 Å². The van der Waals surface area contributed by atoms with E-state index < -0.39 is 0 Å². The monoisotopic (exact) mass is 717 g/mol. The minimum Gasteiger partial charge on any atom is -0.456 e. The fraction of sp³-hybridized carbons (Fsp3) is 0. The number of para-hydroxylation sites is 2. The SMILES string of the molecule is c1ccc(-c2cc(-c3ccc(-c4ccncc4)cc3)nc(-c3ccc(-c4ccc(-c5ccc6oc7ccccc7c6c5)c5c4oc4ccccc45)cc3)n2)cc1. The van der Waals surface area contributed by atoms with Gasteiger partial charge in [0.1, 0.15) is 22.3 Å². The van der Waals surface area contributed by atoms with Crippen LogP contribution in [0.15, 0.2) is 197 Å². The van der Waals surface area contributed by atoms with Gasteiger partial charge in [0, 0.05) is 56.2 Å². The Hall–Kier alpha value is -7.63. The summed E-state index contributed by atoms with van der Waals surface area (Å²) >= 11 is 0. The average Bonchev–Trinajstić information content (AvgIpc) is 3.85. The molecule has 0 aliphatic rings. The van der Waals surface area contributed by atoms with Crippen LogP contribution in [-0.4, -0.2) is 15.0 Å². The van der Waals surface area contributed by atoms with Crippen LogP contribution in [0.3, 0.4) is 0 Å². The van der Waals surface area contributed by atoms with Crippen molar-refractivity contribution in [3.63, 3.8) is 0 Å². The first-order valence-electron chi connectivity index (χ1n) is 18.7. The lowest BCUT2D eigenvalue weighted by Crippen LogP contribution is -1.96. The average molecular weight is 718 g/mol. The van der Waals surface area contributed by atoms with Crippen LogP contribution in [0, 0.1) is 0 Å². The van der Waals surface area contributed by atoms with E-state index in [-0.39, 0.29) is 0 Å². The van der Waals surface area contributed by atoms with Crippen molar-refractivity contribution in [3.05, 3.63) is 188 Å². The molecule has 0 saturated carbocycles. The molecule has 0 N–H and O–H groups in total. The summed E-state index contributed by atoms with van der Waals surface area (Å²) in [6, 6.07) is 60.7. The van der Waals surface area contributed by atoms with E-state index in [0.717, 1.165) is 105 Å². The Morgan fingerprint density at radius 3 is 1.66 bits per heavy atom. The Bertz CT molecular complexity index is 3220. The number of hydrogen-bond acceptors (Lipinski definition) is 5. The van der Waals surface area contributed by atoms with Crippen molar-refractivity contribution >= 4 is 43.9 Å². The van der Waals surface area contributed by atoms with Gasteiger partial charge < -0.3 is 8.83 Å². The highest BCUT2D eigenvalue weighted by Crippen LogP contribution is 2.43. The third kappa shape index (κ3) is 5.45. The van der Waals surface area contributed by atoms with Crippen LogP contribution in [0.2, 0.25) is 0 Å². The summed E-state index contributed by atoms with van der Waals surface area (Å²) in [7, 11) is 0. The molecule has 11 rings (SSSR count). The number of fused-ring (bicyclic) bond motifs is 6. The van der Waals surface area contributed by atoms with E-state index in [9.17, 15) is 0 Å². The van der Waals surface area contributed by atoms with E-state index in [1.807, 2.05) is 67.0 Å². The van der Waals surface area contributed by atoms with Gasteiger partial charge in [-0.1, -0.05) is 127 Å². The van der Waals surface area contributed by atoms with Crippen molar-refractivity contribution in [1.82, 2.24) is 15.0 Å². The Balaban J connectivity index is 1.00. The molecule has 4 aromatic heterocycles. The van der Waals surface area contributed by atoms with Gasteiger partial charge in [0.25, 0.3) is 0 Å². The molecular weight excluding hydrogens is 687 g/mol. The van der Waals surface area contributed by atoms with E-state index in [1.54, 1.807) is 0 Å². The first-order chi connectivity index (χ1) is 27.7. The van der Waals surface area contributed by atoms with Crippen molar-refractivity contribution in [3.8, 4) is 67.3 Å². The van der Waals surface area contributed by atoms with Crippen LogP contribution in [0.1, 0.15) is 0 Å². The summed E-state index contributed by atoms with van der Waals surface area (Å²) < 4.78 is 12.8. The second kappa shape index (κ2) is 13.0. The van der Waals surface area contributed by atoms with Gasteiger partial charge >= 0.3 is 0 Å². The zero-order chi connectivity index (χ0) is 37.0. The number of benzene rings is 7. The molecule has 0 aliphatic heterocycles. The van der Waals surface area contributed by atoms with Crippen molar-refractivity contribution in [2.45, 2.75) is 0 Å². The second-order valence-corrected chi connectivity index (χ2v) is 14.0. The van der Waals surface area contributed by atoms with Gasteiger partial charge in [-0.25, -0.2) is 9.97 Å². The predicted octanol–water partition coefficient (Wildman–Crippen LogP) is 13.7. The third-order valence-corrected chi connectivity index (χ3v) is 10.7. The Morgan fingerprint density at radius 2 is 0.893 bits per heavy atom. The minimum absolute atomic E-state index is 0.664. The smallest absolute Gasteiger partial charge is 0.160 e. The maximum Gasteiger partial charge on any atom is 0.160 e.